The molecule has 1 aliphatic heterocycles. The summed E-state index contributed by atoms with van der Waals surface area (Å²) in [6.07, 6.45) is -5.27. The van der Waals surface area contributed by atoms with Gasteiger partial charge in [-0.3, -0.25) is 9.69 Å². The van der Waals surface area contributed by atoms with Crippen LogP contribution in [0.3, 0.4) is 0 Å². The fourth-order valence-electron chi connectivity index (χ4n) is 2.45. The van der Waals surface area contributed by atoms with Gasteiger partial charge < -0.3 is 10.8 Å². The van der Waals surface area contributed by atoms with Gasteiger partial charge in [-0.1, -0.05) is 12.1 Å². The molecule has 1 amide bonds. The van der Waals surface area contributed by atoms with Gasteiger partial charge in [0.15, 0.2) is 5.60 Å². The Bertz CT molecular complexity index is 523. The van der Waals surface area contributed by atoms with Crippen molar-refractivity contribution in [2.45, 2.75) is 31.2 Å². The van der Waals surface area contributed by atoms with Crippen LogP contribution in [0.25, 0.3) is 0 Å². The summed E-state index contributed by atoms with van der Waals surface area (Å²) >= 11 is 0. The molecule has 0 spiro atoms. The van der Waals surface area contributed by atoms with E-state index < -0.39 is 17.7 Å². The van der Waals surface area contributed by atoms with Crippen LogP contribution in [0.4, 0.5) is 13.2 Å². The van der Waals surface area contributed by atoms with Crippen LogP contribution >= 0.6 is 0 Å². The molecule has 0 unspecified atom stereocenters. The van der Waals surface area contributed by atoms with Crippen LogP contribution in [0.1, 0.15) is 28.8 Å². The van der Waals surface area contributed by atoms with Gasteiger partial charge in [-0.15, -0.1) is 0 Å². The van der Waals surface area contributed by atoms with Crippen LogP contribution in [-0.2, 0) is 6.54 Å². The van der Waals surface area contributed by atoms with Crippen molar-refractivity contribution < 1.29 is 23.1 Å². The molecule has 7 heteroatoms. The van der Waals surface area contributed by atoms with Gasteiger partial charge in [0, 0.05) is 25.2 Å². The number of carbonyl (C=O) groups excluding carboxylic acids is 1. The van der Waals surface area contributed by atoms with Crippen LogP contribution in [0, 0.1) is 0 Å². The van der Waals surface area contributed by atoms with Crippen molar-refractivity contribution in [1.29, 1.82) is 0 Å². The Morgan fingerprint density at radius 2 is 1.95 bits per heavy atom. The molecular weight excluding hydrogens is 285 g/mol. The van der Waals surface area contributed by atoms with Gasteiger partial charge in [-0.25, -0.2) is 0 Å². The predicted molar refractivity (Wildman–Crippen MR) is 70.5 cm³/mol. The maximum atomic E-state index is 12.7. The third-order valence-corrected chi connectivity index (χ3v) is 3.83. The van der Waals surface area contributed by atoms with E-state index in [1.807, 2.05) is 4.90 Å². The standard InChI is InChI=1S/C14H17F3N2O2/c15-14(16,17)13(21)4-6-19(7-5-13)9-10-2-1-3-11(8-10)12(18)20/h1-3,8,21H,4-7,9H2,(H2,18,20). The number of primary amides is 1. The molecular formula is C14H17F3N2O2. The number of nitrogens with zero attached hydrogens (tertiary/aromatic N) is 1. The molecule has 21 heavy (non-hydrogen) atoms. The van der Waals surface area contributed by atoms with Gasteiger partial charge in [0.1, 0.15) is 0 Å². The fourth-order valence-corrected chi connectivity index (χ4v) is 2.45. The van der Waals surface area contributed by atoms with E-state index in [0.717, 1.165) is 5.56 Å². The SMILES string of the molecule is NC(=O)c1cccc(CN2CCC(O)(C(F)(F)F)CC2)c1. The van der Waals surface area contributed by atoms with E-state index in [1.165, 1.54) is 0 Å². The summed E-state index contributed by atoms with van der Waals surface area (Å²) < 4.78 is 38.1. The molecule has 116 valence electrons. The number of likely N-dealkylation sites (tertiary alicyclic amines) is 1. The van der Waals surface area contributed by atoms with Gasteiger partial charge in [0.2, 0.25) is 5.91 Å². The Hall–Kier alpha value is -1.60. The zero-order valence-electron chi connectivity index (χ0n) is 11.4. The second-order valence-corrected chi connectivity index (χ2v) is 5.37. The van der Waals surface area contributed by atoms with E-state index in [9.17, 15) is 23.1 Å². The first kappa shape index (κ1) is 15.8. The maximum absolute atomic E-state index is 12.7. The summed E-state index contributed by atoms with van der Waals surface area (Å²) in [5, 5.41) is 9.60. The third kappa shape index (κ3) is 3.54. The molecule has 1 heterocycles. The van der Waals surface area contributed by atoms with E-state index in [-0.39, 0.29) is 25.9 Å². The third-order valence-electron chi connectivity index (χ3n) is 3.83. The molecule has 0 aliphatic carbocycles. The molecule has 1 aliphatic rings. The second kappa shape index (κ2) is 5.65. The Balaban J connectivity index is 1.98. The molecule has 0 saturated carbocycles. The number of hydrogen-bond acceptors (Lipinski definition) is 3. The molecule has 0 aromatic heterocycles. The zero-order chi connectivity index (χ0) is 15.7. The van der Waals surface area contributed by atoms with Crippen LogP contribution in [-0.4, -0.2) is 40.8 Å². The number of rotatable bonds is 3. The van der Waals surface area contributed by atoms with Gasteiger partial charge in [-0.05, 0) is 30.5 Å². The van der Waals surface area contributed by atoms with Crippen LogP contribution in [0.2, 0.25) is 0 Å². The average Bonchev–Trinajstić information content (AvgIpc) is 2.40. The maximum Gasteiger partial charge on any atom is 0.417 e. The highest BCUT2D eigenvalue weighted by Crippen LogP contribution is 2.38. The van der Waals surface area contributed by atoms with Crippen molar-refractivity contribution in [2.75, 3.05) is 13.1 Å². The van der Waals surface area contributed by atoms with Gasteiger partial charge >= 0.3 is 6.18 Å². The van der Waals surface area contributed by atoms with E-state index in [1.54, 1.807) is 24.3 Å². The molecule has 1 aromatic carbocycles. The first-order valence-electron chi connectivity index (χ1n) is 6.61. The lowest BCUT2D eigenvalue weighted by Crippen LogP contribution is -2.53. The molecule has 0 radical (unpaired) electrons. The summed E-state index contributed by atoms with van der Waals surface area (Å²) in [7, 11) is 0. The molecule has 2 rings (SSSR count). The number of alkyl halides is 3. The number of carbonyl (C=O) groups is 1. The van der Waals surface area contributed by atoms with Crippen molar-refractivity contribution in [1.82, 2.24) is 4.90 Å². The van der Waals surface area contributed by atoms with Gasteiger partial charge in [0.05, 0.1) is 0 Å². The monoisotopic (exact) mass is 302 g/mol. The number of aliphatic hydroxyl groups is 1. The number of piperidine rings is 1. The Labute approximate surface area is 120 Å². The largest absolute Gasteiger partial charge is 0.417 e. The highest BCUT2D eigenvalue weighted by Gasteiger charge is 2.54. The molecule has 1 aromatic rings. The van der Waals surface area contributed by atoms with Crippen LogP contribution < -0.4 is 5.73 Å². The van der Waals surface area contributed by atoms with Gasteiger partial charge in [0.25, 0.3) is 0 Å². The molecule has 0 bridgehead atoms. The molecule has 1 fully saturated rings. The highest BCUT2D eigenvalue weighted by molar-refractivity contribution is 5.92. The van der Waals surface area contributed by atoms with Crippen molar-refractivity contribution in [3.8, 4) is 0 Å². The van der Waals surface area contributed by atoms with E-state index >= 15 is 0 Å². The lowest BCUT2D eigenvalue weighted by atomic mass is 9.90. The summed E-state index contributed by atoms with van der Waals surface area (Å²) in [5.74, 6) is -0.540. The smallest absolute Gasteiger partial charge is 0.380 e. The Kier molecular flexibility index (Phi) is 4.25. The van der Waals surface area contributed by atoms with E-state index in [4.69, 9.17) is 5.73 Å². The summed E-state index contributed by atoms with van der Waals surface area (Å²) in [6, 6.07) is 6.69. The van der Waals surface area contributed by atoms with Crippen molar-refractivity contribution in [3.05, 3.63) is 35.4 Å². The highest BCUT2D eigenvalue weighted by atomic mass is 19.4. The lowest BCUT2D eigenvalue weighted by Gasteiger charge is -2.39. The molecule has 4 nitrogen and oxygen atoms in total. The van der Waals surface area contributed by atoms with Crippen molar-refractivity contribution in [3.63, 3.8) is 0 Å². The Morgan fingerprint density at radius 1 is 1.33 bits per heavy atom. The Morgan fingerprint density at radius 3 is 2.48 bits per heavy atom. The van der Waals surface area contributed by atoms with E-state index in [0.29, 0.717) is 12.1 Å². The normalized spacial score (nSPS) is 19.4. The minimum atomic E-state index is -4.59. The second-order valence-electron chi connectivity index (χ2n) is 5.37. The number of amides is 1. The first-order valence-corrected chi connectivity index (χ1v) is 6.61. The summed E-state index contributed by atoms with van der Waals surface area (Å²) in [4.78, 5) is 12.9. The topological polar surface area (TPSA) is 66.6 Å². The van der Waals surface area contributed by atoms with Crippen molar-refractivity contribution >= 4 is 5.91 Å². The quantitative estimate of drug-likeness (QED) is 0.892. The number of nitrogens with two attached hydrogens (primary N) is 1. The number of hydrogen-bond donors (Lipinski definition) is 2. The average molecular weight is 302 g/mol. The van der Waals surface area contributed by atoms with Crippen LogP contribution in [0.5, 0.6) is 0 Å². The fraction of sp³-hybridized carbons (Fsp3) is 0.500. The van der Waals surface area contributed by atoms with Crippen LogP contribution in [0.15, 0.2) is 24.3 Å². The lowest BCUT2D eigenvalue weighted by molar-refractivity contribution is -0.272. The number of benzene rings is 1. The summed E-state index contributed by atoms with van der Waals surface area (Å²) in [5.41, 5.74) is 3.78. The zero-order valence-corrected chi connectivity index (χ0v) is 11.4. The minimum absolute atomic E-state index is 0.150. The molecule has 0 atom stereocenters. The molecule has 3 N–H and O–H groups in total. The van der Waals surface area contributed by atoms with Crippen molar-refractivity contribution in [2.24, 2.45) is 5.73 Å². The van der Waals surface area contributed by atoms with Gasteiger partial charge in [-0.2, -0.15) is 13.2 Å². The first-order chi connectivity index (χ1) is 9.71. The molecule has 1 saturated heterocycles. The minimum Gasteiger partial charge on any atom is -0.380 e. The number of halogens is 3. The summed E-state index contributed by atoms with van der Waals surface area (Å²) in [6.45, 7) is 0.725. The van der Waals surface area contributed by atoms with E-state index in [2.05, 4.69) is 0 Å². The predicted octanol–water partition coefficient (Wildman–Crippen LogP) is 1.67.